The van der Waals surface area contributed by atoms with Crippen LogP contribution in [0.4, 0.5) is 4.20 Å². The maximum absolute atomic E-state index is 10.2. The molecule has 0 saturated carbocycles. The van der Waals surface area contributed by atoms with Crippen LogP contribution in [0, 0.1) is 0 Å². The predicted molar refractivity (Wildman–Crippen MR) is 28.2 cm³/mol. The van der Waals surface area contributed by atoms with Crippen molar-refractivity contribution in [2.24, 2.45) is 0 Å². The van der Waals surface area contributed by atoms with Crippen LogP contribution in [0.2, 0.25) is 0 Å². The van der Waals surface area contributed by atoms with Crippen molar-refractivity contribution >= 4 is 76.0 Å². The van der Waals surface area contributed by atoms with Gasteiger partial charge in [-0.25, -0.2) is 0 Å². The van der Waals surface area contributed by atoms with E-state index in [1.165, 1.54) is 0 Å². The van der Waals surface area contributed by atoms with E-state index in [-0.39, 0.29) is 67.3 Å². The quantitative estimate of drug-likeness (QED) is 0.329. The normalized spacial score (nSPS) is 6.00. The van der Waals surface area contributed by atoms with Crippen LogP contribution in [0.5, 0.6) is 0 Å². The van der Waals surface area contributed by atoms with Crippen molar-refractivity contribution in [3.8, 4) is 0 Å². The molecule has 0 aromatic carbocycles. The first-order valence-electron chi connectivity index (χ1n) is 0.569. The van der Waals surface area contributed by atoms with E-state index in [0.717, 1.165) is 0 Å². The van der Waals surface area contributed by atoms with Crippen molar-refractivity contribution < 1.29 is 14.0 Å². The van der Waals surface area contributed by atoms with Gasteiger partial charge in [-0.1, -0.05) is 0 Å². The van der Waals surface area contributed by atoms with Gasteiger partial charge in [0.2, 0.25) is 0 Å². The van der Waals surface area contributed by atoms with Crippen LogP contribution < -0.4 is 0 Å². The third-order valence-electron chi connectivity index (χ3n) is 0. The fourth-order valence-corrected chi connectivity index (χ4v) is 0. The molecule has 0 radical (unpaired) electrons. The van der Waals surface area contributed by atoms with Gasteiger partial charge in [-0.2, -0.15) is 4.20 Å². The second-order valence-corrected chi connectivity index (χ2v) is 0.722. The average Bonchev–Trinajstić information content (AvgIpc) is 0.811. The van der Waals surface area contributed by atoms with E-state index in [1.807, 2.05) is 0 Å². The fraction of sp³-hybridized carbons (Fsp3) is 0. The first-order valence-corrected chi connectivity index (χ1v) is 1.71. The van der Waals surface area contributed by atoms with Gasteiger partial charge in [-0.05, 0) is 0 Å². The molecule has 6 heavy (non-hydrogen) atoms. The van der Waals surface area contributed by atoms with E-state index in [2.05, 4.69) is 0 Å². The summed E-state index contributed by atoms with van der Waals surface area (Å²) in [6.07, 6.45) is 0. The van der Waals surface area contributed by atoms with Gasteiger partial charge in [-0.15, -0.1) is 0 Å². The summed E-state index contributed by atoms with van der Waals surface area (Å²) in [5.74, 6) is 0. The van der Waals surface area contributed by atoms with E-state index in [0.29, 0.717) is 0 Å². The summed E-state index contributed by atoms with van der Waals surface area (Å²) >= 11 is 0. The summed E-state index contributed by atoms with van der Waals surface area (Å²) in [6, 6.07) is 0. The van der Waals surface area contributed by atoms with Gasteiger partial charge >= 0.3 is 76.0 Å². The van der Waals surface area contributed by atoms with Crippen molar-refractivity contribution in [1.29, 1.82) is 0 Å². The Bertz CT molecular complexity index is 18.3. The number of hydrogen-bond acceptors (Lipinski definition) is 2. The summed E-state index contributed by atoms with van der Waals surface area (Å²) in [5.41, 5.74) is 0. The molecule has 0 heterocycles. The molecule has 0 aromatic heterocycles. The topological polar surface area (TPSA) is 40.5 Å². The molecular formula is H5CaFNaO2P. The molecule has 2 N–H and O–H groups in total. The molecule has 0 aliphatic rings. The monoisotopic (exact) mass is 150 g/mol. The molecule has 0 saturated heterocycles. The molecule has 0 bridgehead atoms. The van der Waals surface area contributed by atoms with Crippen molar-refractivity contribution in [2.75, 3.05) is 0 Å². The van der Waals surface area contributed by atoms with Crippen LogP contribution in [-0.4, -0.2) is 77.1 Å². The van der Waals surface area contributed by atoms with Crippen molar-refractivity contribution in [3.63, 3.8) is 0 Å². The van der Waals surface area contributed by atoms with Gasteiger partial charge in [0.05, 0.1) is 0 Å². The molecule has 0 fully saturated rings. The Hall–Kier alpha value is 2.54. The first-order chi connectivity index (χ1) is 1.73. The van der Waals surface area contributed by atoms with Crippen LogP contribution in [0.25, 0.3) is 0 Å². The Kier molecular flexibility index (Phi) is 27.7. The number of halogens is 1. The molecule has 0 rings (SSSR count). The Morgan fingerprint density at radius 1 is 1.33 bits per heavy atom. The third-order valence-corrected chi connectivity index (χ3v) is 0. The molecule has 0 spiro atoms. The maximum atomic E-state index is 10.2. The van der Waals surface area contributed by atoms with Crippen molar-refractivity contribution in [3.05, 3.63) is 0 Å². The summed E-state index contributed by atoms with van der Waals surface area (Å²) in [6.45, 7) is 0. The van der Waals surface area contributed by atoms with Gasteiger partial charge < -0.3 is 9.79 Å². The number of hydrogen-bond donors (Lipinski definition) is 2. The minimum absolute atomic E-state index is 0. The zero-order chi connectivity index (χ0) is 3.58. The molecule has 0 aromatic rings. The van der Waals surface area contributed by atoms with Gasteiger partial charge in [0, 0.05) is 0 Å². The second-order valence-electron chi connectivity index (χ2n) is 0.241. The Labute approximate surface area is 88.5 Å². The summed E-state index contributed by atoms with van der Waals surface area (Å²) in [5, 5.41) is 0. The van der Waals surface area contributed by atoms with Gasteiger partial charge in [0.15, 0.2) is 0 Å². The molecule has 32 valence electrons. The molecule has 0 unspecified atom stereocenters. The molecule has 0 atom stereocenters. The van der Waals surface area contributed by atoms with Gasteiger partial charge in [0.1, 0.15) is 0 Å². The summed E-state index contributed by atoms with van der Waals surface area (Å²) < 4.78 is 10.2. The van der Waals surface area contributed by atoms with E-state index >= 15 is 0 Å². The van der Waals surface area contributed by atoms with Gasteiger partial charge in [-0.3, -0.25) is 0 Å². The van der Waals surface area contributed by atoms with Crippen LogP contribution in [0.3, 0.4) is 0 Å². The van der Waals surface area contributed by atoms with Crippen LogP contribution in [-0.2, 0) is 0 Å². The summed E-state index contributed by atoms with van der Waals surface area (Å²) in [7, 11) is -3.12. The van der Waals surface area contributed by atoms with E-state index in [1.54, 1.807) is 0 Å². The molecule has 6 heteroatoms. The Morgan fingerprint density at radius 2 is 1.33 bits per heavy atom. The standard InChI is InChI=1S/Ca.FH2O2P.Na.3H/c;1-4(2)3;;;;/h;2-3H;;;;. The van der Waals surface area contributed by atoms with Gasteiger partial charge in [0.25, 0.3) is 0 Å². The zero-order valence-electron chi connectivity index (χ0n) is 1.72. The van der Waals surface area contributed by atoms with Crippen molar-refractivity contribution in [1.82, 2.24) is 0 Å². The van der Waals surface area contributed by atoms with Crippen LogP contribution >= 0.6 is 8.69 Å². The van der Waals surface area contributed by atoms with E-state index in [4.69, 9.17) is 9.79 Å². The fourth-order valence-electron chi connectivity index (χ4n) is 0. The first kappa shape index (κ1) is 15.8. The third kappa shape index (κ3) is 31.1. The van der Waals surface area contributed by atoms with Crippen LogP contribution in [0.15, 0.2) is 0 Å². The van der Waals surface area contributed by atoms with E-state index < -0.39 is 8.69 Å². The number of rotatable bonds is 0. The molecule has 2 nitrogen and oxygen atoms in total. The zero-order valence-corrected chi connectivity index (χ0v) is 2.61. The Morgan fingerprint density at radius 3 is 1.33 bits per heavy atom. The molecule has 0 aliphatic heterocycles. The molecular weight excluding hydrogens is 145 g/mol. The second kappa shape index (κ2) is 10.5. The average molecular weight is 150 g/mol. The Balaban J connectivity index is -0.0000000450. The van der Waals surface area contributed by atoms with E-state index in [9.17, 15) is 4.20 Å². The van der Waals surface area contributed by atoms with Crippen LogP contribution in [0.1, 0.15) is 0 Å². The molecule has 0 amide bonds. The summed E-state index contributed by atoms with van der Waals surface area (Å²) in [4.78, 5) is 14.0. The van der Waals surface area contributed by atoms with Crippen molar-refractivity contribution in [2.45, 2.75) is 0 Å². The minimum atomic E-state index is -3.12. The predicted octanol–water partition coefficient (Wildman–Crippen LogP) is -1.40. The molecule has 0 aliphatic carbocycles. The SMILES string of the molecule is OP(O)F.[CaH2].[NaH].